The molecular weight excluding hydrogens is 455 g/mol. The minimum atomic E-state index is 0.485. The van der Waals surface area contributed by atoms with E-state index in [1.165, 1.54) is 0 Å². The molecule has 0 radical (unpaired) electrons. The molecule has 4 nitrogen and oxygen atoms in total. The summed E-state index contributed by atoms with van der Waals surface area (Å²) in [5.74, 6) is 1.05. The van der Waals surface area contributed by atoms with Crippen LogP contribution in [-0.4, -0.2) is 9.97 Å². The van der Waals surface area contributed by atoms with Crippen LogP contribution < -0.4 is 10.6 Å². The van der Waals surface area contributed by atoms with Crippen molar-refractivity contribution < 1.29 is 0 Å². The zero-order chi connectivity index (χ0) is 17.1. The topological polar surface area (TPSA) is 49.8 Å². The quantitative estimate of drug-likeness (QED) is 0.462. The van der Waals surface area contributed by atoms with Crippen molar-refractivity contribution in [2.45, 2.75) is 6.92 Å². The number of aryl methyl sites for hydroxylation is 1. The zero-order valence-electron chi connectivity index (χ0n) is 12.6. The highest BCUT2D eigenvalue weighted by molar-refractivity contribution is 9.10. The minimum Gasteiger partial charge on any atom is -0.339 e. The van der Waals surface area contributed by atoms with E-state index in [1.807, 2.05) is 55.5 Å². The number of benzene rings is 2. The van der Waals surface area contributed by atoms with E-state index in [9.17, 15) is 0 Å². The van der Waals surface area contributed by atoms with Crippen LogP contribution in [0.1, 0.15) is 5.69 Å². The van der Waals surface area contributed by atoms with Crippen LogP contribution in [-0.2, 0) is 0 Å². The maximum absolute atomic E-state index is 6.34. The highest BCUT2D eigenvalue weighted by Crippen LogP contribution is 2.28. The van der Waals surface area contributed by atoms with Crippen LogP contribution in [0.2, 0.25) is 5.02 Å². The van der Waals surface area contributed by atoms with Gasteiger partial charge in [0.15, 0.2) is 5.82 Å². The van der Waals surface area contributed by atoms with E-state index in [0.29, 0.717) is 22.5 Å². The fourth-order valence-electron chi connectivity index (χ4n) is 2.03. The second kappa shape index (κ2) is 7.51. The fraction of sp³-hybridized carbons (Fsp3) is 0.0588. The van der Waals surface area contributed by atoms with E-state index in [2.05, 4.69) is 52.5 Å². The summed E-state index contributed by atoms with van der Waals surface area (Å²) < 4.78 is 2.02. The van der Waals surface area contributed by atoms with Gasteiger partial charge < -0.3 is 10.6 Å². The van der Waals surface area contributed by atoms with Gasteiger partial charge in [0, 0.05) is 20.3 Å². The first-order valence-electron chi connectivity index (χ1n) is 7.10. The molecule has 0 bridgehead atoms. The van der Waals surface area contributed by atoms with Gasteiger partial charge in [-0.2, -0.15) is 4.98 Å². The average Bonchev–Trinajstić information content (AvgIpc) is 2.56. The molecule has 3 aromatic rings. The van der Waals surface area contributed by atoms with Gasteiger partial charge in [-0.3, -0.25) is 0 Å². The van der Waals surface area contributed by atoms with Gasteiger partial charge >= 0.3 is 0 Å². The third-order valence-electron chi connectivity index (χ3n) is 3.22. The fourth-order valence-corrected chi connectivity index (χ4v) is 2.69. The normalized spacial score (nSPS) is 10.5. The van der Waals surface area contributed by atoms with E-state index in [0.717, 1.165) is 20.3 Å². The molecule has 2 aromatic carbocycles. The van der Waals surface area contributed by atoms with Crippen LogP contribution in [0.15, 0.2) is 57.5 Å². The second-order valence-corrected chi connectivity index (χ2v) is 7.27. The number of rotatable bonds is 4. The standard InChI is InChI=1S/C17H13Br2ClN4/c1-10-15(20)16(22-13-6-2-11(18)3-7-13)24-17(21-10)23-14-8-4-12(19)5-9-14/h2-9H,1H3,(H2,21,22,23,24). The summed E-state index contributed by atoms with van der Waals surface area (Å²) in [5, 5.41) is 6.91. The van der Waals surface area contributed by atoms with E-state index in [-0.39, 0.29) is 0 Å². The number of nitrogens with one attached hydrogen (secondary N) is 2. The summed E-state index contributed by atoms with van der Waals surface area (Å²) in [5.41, 5.74) is 2.49. The summed E-state index contributed by atoms with van der Waals surface area (Å²) in [7, 11) is 0. The highest BCUT2D eigenvalue weighted by Gasteiger charge is 2.10. The van der Waals surface area contributed by atoms with Crippen LogP contribution in [0.5, 0.6) is 0 Å². The van der Waals surface area contributed by atoms with Crippen LogP contribution in [0.3, 0.4) is 0 Å². The van der Waals surface area contributed by atoms with Gasteiger partial charge in [-0.25, -0.2) is 4.98 Å². The van der Waals surface area contributed by atoms with Crippen molar-refractivity contribution in [2.24, 2.45) is 0 Å². The lowest BCUT2D eigenvalue weighted by atomic mass is 10.3. The predicted octanol–water partition coefficient (Wildman–Crippen LogP) is 6.45. The number of hydrogen-bond acceptors (Lipinski definition) is 4. The minimum absolute atomic E-state index is 0.485. The molecule has 0 atom stereocenters. The number of aromatic nitrogens is 2. The molecule has 2 N–H and O–H groups in total. The second-order valence-electron chi connectivity index (χ2n) is 5.06. The highest BCUT2D eigenvalue weighted by atomic mass is 79.9. The Labute approximate surface area is 161 Å². The molecule has 0 unspecified atom stereocenters. The Morgan fingerprint density at radius 1 is 0.792 bits per heavy atom. The molecule has 1 heterocycles. The van der Waals surface area contributed by atoms with Gasteiger partial charge in [0.25, 0.3) is 0 Å². The Hall–Kier alpha value is -1.63. The summed E-state index contributed by atoms with van der Waals surface area (Å²) in [6.45, 7) is 1.85. The van der Waals surface area contributed by atoms with Crippen molar-refractivity contribution >= 4 is 66.6 Å². The van der Waals surface area contributed by atoms with Crippen molar-refractivity contribution in [3.05, 3.63) is 68.2 Å². The van der Waals surface area contributed by atoms with Gasteiger partial charge in [-0.05, 0) is 55.5 Å². The number of anilines is 4. The third kappa shape index (κ3) is 4.26. The maximum Gasteiger partial charge on any atom is 0.229 e. The first-order chi connectivity index (χ1) is 11.5. The lowest BCUT2D eigenvalue weighted by Gasteiger charge is -2.12. The van der Waals surface area contributed by atoms with Gasteiger partial charge in [0.1, 0.15) is 5.02 Å². The summed E-state index contributed by atoms with van der Waals surface area (Å²) >= 11 is 13.2. The molecule has 0 aliphatic carbocycles. The maximum atomic E-state index is 6.34. The summed E-state index contributed by atoms with van der Waals surface area (Å²) in [6, 6.07) is 15.6. The molecule has 24 heavy (non-hydrogen) atoms. The Kier molecular flexibility index (Phi) is 5.38. The molecule has 0 aliphatic rings. The first kappa shape index (κ1) is 17.2. The van der Waals surface area contributed by atoms with Gasteiger partial charge in [0.2, 0.25) is 5.95 Å². The number of nitrogens with zero attached hydrogens (tertiary/aromatic N) is 2. The molecular formula is C17H13Br2ClN4. The SMILES string of the molecule is Cc1nc(Nc2ccc(Br)cc2)nc(Nc2ccc(Br)cc2)c1Cl. The summed E-state index contributed by atoms with van der Waals surface area (Å²) in [4.78, 5) is 8.87. The molecule has 0 fully saturated rings. The molecule has 7 heteroatoms. The first-order valence-corrected chi connectivity index (χ1v) is 9.07. The Balaban J connectivity index is 1.87. The van der Waals surface area contributed by atoms with Crippen LogP contribution in [0.25, 0.3) is 0 Å². The average molecular weight is 469 g/mol. The third-order valence-corrected chi connectivity index (χ3v) is 4.73. The predicted molar refractivity (Wildman–Crippen MR) is 107 cm³/mol. The van der Waals surface area contributed by atoms with E-state index < -0.39 is 0 Å². The monoisotopic (exact) mass is 466 g/mol. The molecule has 0 saturated heterocycles. The van der Waals surface area contributed by atoms with E-state index >= 15 is 0 Å². The molecule has 0 spiro atoms. The van der Waals surface area contributed by atoms with Crippen LogP contribution >= 0.6 is 43.5 Å². The van der Waals surface area contributed by atoms with Crippen molar-refractivity contribution in [1.82, 2.24) is 9.97 Å². The molecule has 0 saturated carbocycles. The van der Waals surface area contributed by atoms with Crippen molar-refractivity contribution in [1.29, 1.82) is 0 Å². The lowest BCUT2D eigenvalue weighted by Crippen LogP contribution is -2.03. The largest absolute Gasteiger partial charge is 0.339 e. The molecule has 0 aliphatic heterocycles. The Bertz CT molecular complexity index is 852. The van der Waals surface area contributed by atoms with Gasteiger partial charge in [-0.15, -0.1) is 0 Å². The van der Waals surface area contributed by atoms with Gasteiger partial charge in [-0.1, -0.05) is 43.5 Å². The van der Waals surface area contributed by atoms with Crippen molar-refractivity contribution in [3.63, 3.8) is 0 Å². The number of hydrogen-bond donors (Lipinski definition) is 2. The Morgan fingerprint density at radius 2 is 1.29 bits per heavy atom. The molecule has 1 aromatic heterocycles. The molecule has 3 rings (SSSR count). The molecule has 0 amide bonds. The van der Waals surface area contributed by atoms with E-state index in [4.69, 9.17) is 11.6 Å². The van der Waals surface area contributed by atoms with Crippen LogP contribution in [0, 0.1) is 6.92 Å². The lowest BCUT2D eigenvalue weighted by molar-refractivity contribution is 1.11. The van der Waals surface area contributed by atoms with Crippen molar-refractivity contribution in [3.8, 4) is 0 Å². The summed E-state index contributed by atoms with van der Waals surface area (Å²) in [6.07, 6.45) is 0. The van der Waals surface area contributed by atoms with Crippen LogP contribution in [0.4, 0.5) is 23.1 Å². The zero-order valence-corrected chi connectivity index (χ0v) is 16.6. The smallest absolute Gasteiger partial charge is 0.229 e. The van der Waals surface area contributed by atoms with E-state index in [1.54, 1.807) is 0 Å². The van der Waals surface area contributed by atoms with Crippen molar-refractivity contribution in [2.75, 3.05) is 10.6 Å². The Morgan fingerprint density at radius 3 is 1.83 bits per heavy atom. The van der Waals surface area contributed by atoms with Gasteiger partial charge in [0.05, 0.1) is 5.69 Å². The number of halogens is 3. The molecule has 122 valence electrons.